The van der Waals surface area contributed by atoms with Gasteiger partial charge in [0.15, 0.2) is 6.10 Å². The number of hydrogen-bond acceptors (Lipinski definition) is 4. The highest BCUT2D eigenvalue weighted by Crippen LogP contribution is 2.29. The van der Waals surface area contributed by atoms with Crippen molar-refractivity contribution >= 4 is 5.91 Å². The van der Waals surface area contributed by atoms with Gasteiger partial charge in [-0.2, -0.15) is 0 Å². The molecule has 160 valence electrons. The fourth-order valence-electron chi connectivity index (χ4n) is 4.35. The van der Waals surface area contributed by atoms with Crippen LogP contribution in [0.4, 0.5) is 4.39 Å². The maximum absolute atomic E-state index is 13.4. The van der Waals surface area contributed by atoms with E-state index in [4.69, 9.17) is 4.74 Å². The number of rotatable bonds is 8. The Hall–Kier alpha value is -2.44. The Morgan fingerprint density at radius 1 is 1.13 bits per heavy atom. The molecule has 6 heteroatoms. The van der Waals surface area contributed by atoms with E-state index < -0.39 is 0 Å². The first kappa shape index (κ1) is 20.8. The van der Waals surface area contributed by atoms with Crippen LogP contribution in [0.5, 0.6) is 5.75 Å². The molecule has 30 heavy (non-hydrogen) atoms. The van der Waals surface area contributed by atoms with E-state index in [-0.39, 0.29) is 23.9 Å². The lowest BCUT2D eigenvalue weighted by molar-refractivity contribution is -0.136. The quantitative estimate of drug-likeness (QED) is 0.650. The van der Waals surface area contributed by atoms with E-state index in [0.717, 1.165) is 55.5 Å². The van der Waals surface area contributed by atoms with Gasteiger partial charge < -0.3 is 9.64 Å². The number of amides is 1. The summed E-state index contributed by atoms with van der Waals surface area (Å²) >= 11 is 0. The molecule has 2 aromatic rings. The first-order valence-corrected chi connectivity index (χ1v) is 10.9. The predicted octanol–water partition coefficient (Wildman–Crippen LogP) is 3.76. The number of hydrogen-bond donors (Lipinski definition) is 2. The highest BCUT2D eigenvalue weighted by molar-refractivity contribution is 5.82. The largest absolute Gasteiger partial charge is 0.480 e. The van der Waals surface area contributed by atoms with Gasteiger partial charge in [0.25, 0.3) is 5.91 Å². The number of unbranched alkanes of at least 4 members (excludes halogenated alkanes) is 2. The number of nitrogens with zero attached hydrogens (tertiary/aromatic N) is 1. The zero-order chi connectivity index (χ0) is 20.9. The molecule has 4 rings (SSSR count). The molecule has 2 aromatic carbocycles. The van der Waals surface area contributed by atoms with Gasteiger partial charge in [0.05, 0.1) is 0 Å². The summed E-state index contributed by atoms with van der Waals surface area (Å²) in [4.78, 5) is 14.4. The van der Waals surface area contributed by atoms with Crippen LogP contribution in [0, 0.1) is 5.82 Å². The molecule has 0 aliphatic carbocycles. The highest BCUT2D eigenvalue weighted by atomic mass is 19.1. The summed E-state index contributed by atoms with van der Waals surface area (Å²) < 4.78 is 19.2. The zero-order valence-electron chi connectivity index (χ0n) is 17.4. The van der Waals surface area contributed by atoms with E-state index in [0.29, 0.717) is 12.5 Å². The average Bonchev–Trinajstić information content (AvgIpc) is 3.40. The molecule has 0 saturated carbocycles. The number of halogens is 1. The molecule has 2 aliphatic rings. The minimum absolute atomic E-state index is 0.0609. The summed E-state index contributed by atoms with van der Waals surface area (Å²) in [6, 6.07) is 15.2. The number of fused-ring (bicyclic) bond motifs is 1. The van der Waals surface area contributed by atoms with E-state index in [2.05, 4.69) is 10.9 Å². The summed E-state index contributed by atoms with van der Waals surface area (Å²) in [5, 5.41) is 0. The topological polar surface area (TPSA) is 53.6 Å². The number of para-hydroxylation sites is 1. The maximum atomic E-state index is 13.4. The second-order valence-corrected chi connectivity index (χ2v) is 8.36. The molecule has 0 radical (unpaired) electrons. The summed E-state index contributed by atoms with van der Waals surface area (Å²) in [5.74, 6) is 0.701. The molecule has 5 nitrogen and oxygen atoms in total. The molecular formula is C24H30FN3O2. The lowest BCUT2D eigenvalue weighted by Gasteiger charge is -2.21. The molecule has 0 aromatic heterocycles. The van der Waals surface area contributed by atoms with Crippen molar-refractivity contribution in [2.75, 3.05) is 13.6 Å². The standard InChI is InChI=1S/C24H30FN3O2/c1-28(24(29)23-15-18-8-4-5-12-22(18)30-23)13-6-2-3-11-20-16-21(27-26-20)17-9-7-10-19(25)14-17/h4-5,7-10,12,14,20-21,23,26-27H,2-3,6,11,13,15-16H2,1H3. The summed E-state index contributed by atoms with van der Waals surface area (Å²) in [6.45, 7) is 0.747. The average molecular weight is 412 g/mol. The van der Waals surface area contributed by atoms with Crippen LogP contribution >= 0.6 is 0 Å². The van der Waals surface area contributed by atoms with Crippen molar-refractivity contribution in [2.24, 2.45) is 0 Å². The molecule has 0 spiro atoms. The number of ether oxygens (including phenoxy) is 1. The summed E-state index contributed by atoms with van der Waals surface area (Å²) in [6.07, 6.45) is 5.45. The Morgan fingerprint density at radius 2 is 2.00 bits per heavy atom. The number of carbonyl (C=O) groups excluding carboxylic acids is 1. The maximum Gasteiger partial charge on any atom is 0.263 e. The van der Waals surface area contributed by atoms with Crippen molar-refractivity contribution < 1.29 is 13.9 Å². The van der Waals surface area contributed by atoms with Gasteiger partial charge in [0.2, 0.25) is 0 Å². The van der Waals surface area contributed by atoms with E-state index in [1.165, 1.54) is 6.07 Å². The van der Waals surface area contributed by atoms with Gasteiger partial charge in [0.1, 0.15) is 11.6 Å². The van der Waals surface area contributed by atoms with Gasteiger partial charge in [-0.25, -0.2) is 4.39 Å². The molecule has 2 aliphatic heterocycles. The van der Waals surface area contributed by atoms with E-state index in [1.54, 1.807) is 17.0 Å². The van der Waals surface area contributed by atoms with E-state index >= 15 is 0 Å². The lowest BCUT2D eigenvalue weighted by atomic mass is 9.99. The van der Waals surface area contributed by atoms with Crippen molar-refractivity contribution in [3.63, 3.8) is 0 Å². The fourth-order valence-corrected chi connectivity index (χ4v) is 4.35. The number of benzene rings is 2. The number of nitrogens with one attached hydrogen (secondary N) is 2. The molecule has 2 N–H and O–H groups in total. The van der Waals surface area contributed by atoms with Gasteiger partial charge >= 0.3 is 0 Å². The minimum atomic E-state index is -0.388. The molecule has 1 amide bonds. The Bertz CT molecular complexity index is 850. The monoisotopic (exact) mass is 411 g/mol. The number of likely N-dealkylation sites (N-methyl/N-ethyl adjacent to an activating group) is 1. The summed E-state index contributed by atoms with van der Waals surface area (Å²) in [5.41, 5.74) is 8.71. The normalized spacial score (nSPS) is 22.5. The second-order valence-electron chi connectivity index (χ2n) is 8.36. The Morgan fingerprint density at radius 3 is 2.83 bits per heavy atom. The Kier molecular flexibility index (Phi) is 6.65. The number of hydrazine groups is 1. The van der Waals surface area contributed by atoms with Crippen LogP contribution in [0.25, 0.3) is 0 Å². The van der Waals surface area contributed by atoms with Gasteiger partial charge in [0, 0.05) is 32.1 Å². The van der Waals surface area contributed by atoms with Gasteiger partial charge in [-0.1, -0.05) is 43.2 Å². The fraction of sp³-hybridized carbons (Fsp3) is 0.458. The van der Waals surface area contributed by atoms with Crippen LogP contribution in [0.1, 0.15) is 49.3 Å². The third-order valence-electron chi connectivity index (χ3n) is 6.08. The molecule has 1 saturated heterocycles. The van der Waals surface area contributed by atoms with Crippen molar-refractivity contribution in [3.8, 4) is 5.75 Å². The van der Waals surface area contributed by atoms with Crippen LogP contribution in [0.15, 0.2) is 48.5 Å². The first-order chi connectivity index (χ1) is 14.6. The van der Waals surface area contributed by atoms with Crippen molar-refractivity contribution in [1.29, 1.82) is 0 Å². The minimum Gasteiger partial charge on any atom is -0.480 e. The zero-order valence-corrected chi connectivity index (χ0v) is 17.4. The predicted molar refractivity (Wildman–Crippen MR) is 114 cm³/mol. The van der Waals surface area contributed by atoms with Crippen molar-refractivity contribution in [3.05, 3.63) is 65.5 Å². The van der Waals surface area contributed by atoms with Crippen LogP contribution in [-0.2, 0) is 11.2 Å². The van der Waals surface area contributed by atoms with Gasteiger partial charge in [-0.05, 0) is 48.6 Å². The summed E-state index contributed by atoms with van der Waals surface area (Å²) in [7, 11) is 1.86. The van der Waals surface area contributed by atoms with Crippen molar-refractivity contribution in [2.45, 2.75) is 56.7 Å². The van der Waals surface area contributed by atoms with Gasteiger partial charge in [-0.3, -0.25) is 15.6 Å². The molecule has 1 fully saturated rings. The smallest absolute Gasteiger partial charge is 0.263 e. The van der Waals surface area contributed by atoms with E-state index in [1.807, 2.05) is 37.4 Å². The lowest BCUT2D eigenvalue weighted by Crippen LogP contribution is -2.39. The van der Waals surface area contributed by atoms with E-state index in [9.17, 15) is 9.18 Å². The van der Waals surface area contributed by atoms with Crippen LogP contribution < -0.4 is 15.6 Å². The third-order valence-corrected chi connectivity index (χ3v) is 6.08. The SMILES string of the molecule is CN(CCCCCC1CC(c2cccc(F)c2)NN1)C(=O)C1Cc2ccccc2O1. The highest BCUT2D eigenvalue weighted by Gasteiger charge is 2.30. The Labute approximate surface area is 177 Å². The van der Waals surface area contributed by atoms with Crippen LogP contribution in [0.3, 0.4) is 0 Å². The second kappa shape index (κ2) is 9.58. The van der Waals surface area contributed by atoms with Crippen LogP contribution in [-0.4, -0.2) is 36.5 Å². The molecule has 0 bridgehead atoms. The number of carbonyl (C=O) groups is 1. The van der Waals surface area contributed by atoms with Gasteiger partial charge in [-0.15, -0.1) is 0 Å². The van der Waals surface area contributed by atoms with Crippen molar-refractivity contribution in [1.82, 2.24) is 15.8 Å². The third kappa shape index (κ3) is 4.99. The Balaban J connectivity index is 1.12. The molecular weight excluding hydrogens is 381 g/mol. The molecule has 3 atom stereocenters. The molecule has 3 unspecified atom stereocenters. The first-order valence-electron chi connectivity index (χ1n) is 10.9. The molecule has 2 heterocycles. The van der Waals surface area contributed by atoms with Crippen LogP contribution in [0.2, 0.25) is 0 Å².